The second kappa shape index (κ2) is 6.26. The number of hydrogen-bond acceptors (Lipinski definition) is 4. The van der Waals surface area contributed by atoms with E-state index < -0.39 is 11.8 Å². The maximum absolute atomic E-state index is 13.7. The van der Waals surface area contributed by atoms with Gasteiger partial charge in [0.2, 0.25) is 0 Å². The second-order valence-corrected chi connectivity index (χ2v) is 4.26. The number of para-hydroxylation sites is 1. The van der Waals surface area contributed by atoms with E-state index in [-0.39, 0.29) is 5.56 Å². The molecule has 0 aromatic heterocycles. The van der Waals surface area contributed by atoms with Gasteiger partial charge < -0.3 is 14.2 Å². The van der Waals surface area contributed by atoms with Gasteiger partial charge in [0.1, 0.15) is 5.82 Å². The Labute approximate surface area is 122 Å². The van der Waals surface area contributed by atoms with Crippen molar-refractivity contribution in [3.05, 3.63) is 47.8 Å². The van der Waals surface area contributed by atoms with Crippen molar-refractivity contribution in [2.24, 2.45) is 0 Å². The molecule has 4 nitrogen and oxygen atoms in total. The summed E-state index contributed by atoms with van der Waals surface area (Å²) < 4.78 is 28.9. The summed E-state index contributed by atoms with van der Waals surface area (Å²) in [6.45, 7) is 0. The molecule has 0 radical (unpaired) electrons. The van der Waals surface area contributed by atoms with Crippen LogP contribution in [0.4, 0.5) is 4.39 Å². The summed E-state index contributed by atoms with van der Waals surface area (Å²) in [6, 6.07) is 9.26. The Morgan fingerprint density at radius 2 is 1.81 bits per heavy atom. The molecule has 2 rings (SSSR count). The van der Waals surface area contributed by atoms with Crippen molar-refractivity contribution in [2.45, 2.75) is 0 Å². The van der Waals surface area contributed by atoms with Crippen LogP contribution in [0.2, 0.25) is 0 Å². The molecular weight excluding hydrogens is 275 g/mol. The molecule has 21 heavy (non-hydrogen) atoms. The highest BCUT2D eigenvalue weighted by atomic mass is 19.1. The Morgan fingerprint density at radius 3 is 2.43 bits per heavy atom. The highest BCUT2D eigenvalue weighted by Crippen LogP contribution is 2.38. The van der Waals surface area contributed by atoms with Gasteiger partial charge in [0.05, 0.1) is 26.9 Å². The molecule has 2 aromatic carbocycles. The van der Waals surface area contributed by atoms with Crippen molar-refractivity contribution in [1.82, 2.24) is 0 Å². The number of hydrogen-bond donors (Lipinski definition) is 0. The van der Waals surface area contributed by atoms with Gasteiger partial charge in [-0.3, -0.25) is 0 Å². The molecule has 0 aliphatic heterocycles. The van der Waals surface area contributed by atoms with Gasteiger partial charge in [0.25, 0.3) is 0 Å². The number of methoxy groups -OCH3 is 3. The highest BCUT2D eigenvalue weighted by Gasteiger charge is 2.15. The van der Waals surface area contributed by atoms with Crippen LogP contribution in [0.15, 0.2) is 36.4 Å². The Kier molecular flexibility index (Phi) is 4.42. The molecule has 0 fully saturated rings. The summed E-state index contributed by atoms with van der Waals surface area (Å²) in [7, 11) is 4.27. The van der Waals surface area contributed by atoms with Crippen LogP contribution in [0.3, 0.4) is 0 Å². The van der Waals surface area contributed by atoms with E-state index in [1.165, 1.54) is 27.4 Å². The molecule has 0 aliphatic carbocycles. The first-order valence-corrected chi connectivity index (χ1v) is 6.21. The number of carbonyl (C=O) groups excluding carboxylic acids is 1. The van der Waals surface area contributed by atoms with Crippen molar-refractivity contribution >= 4 is 5.97 Å². The van der Waals surface area contributed by atoms with Crippen LogP contribution < -0.4 is 9.47 Å². The predicted molar refractivity (Wildman–Crippen MR) is 76.3 cm³/mol. The molecule has 0 bridgehead atoms. The fourth-order valence-corrected chi connectivity index (χ4v) is 2.10. The van der Waals surface area contributed by atoms with Gasteiger partial charge in [0, 0.05) is 5.56 Å². The van der Waals surface area contributed by atoms with Gasteiger partial charge in [-0.05, 0) is 29.8 Å². The van der Waals surface area contributed by atoms with Crippen molar-refractivity contribution in [3.63, 3.8) is 0 Å². The molecular formula is C16H15FO4. The summed E-state index contributed by atoms with van der Waals surface area (Å²) in [6.07, 6.45) is 0. The minimum absolute atomic E-state index is 0.136. The van der Waals surface area contributed by atoms with E-state index in [1.807, 2.05) is 0 Å². The number of carbonyl (C=O) groups is 1. The third kappa shape index (κ3) is 2.97. The number of rotatable bonds is 4. The zero-order valence-corrected chi connectivity index (χ0v) is 12.0. The van der Waals surface area contributed by atoms with Crippen LogP contribution >= 0.6 is 0 Å². The first-order chi connectivity index (χ1) is 10.1. The highest BCUT2D eigenvalue weighted by molar-refractivity contribution is 5.91. The van der Waals surface area contributed by atoms with Crippen molar-refractivity contribution in [1.29, 1.82) is 0 Å². The van der Waals surface area contributed by atoms with Crippen LogP contribution in [-0.4, -0.2) is 27.3 Å². The van der Waals surface area contributed by atoms with Crippen LogP contribution in [0, 0.1) is 5.82 Å². The van der Waals surface area contributed by atoms with E-state index in [9.17, 15) is 9.18 Å². The molecule has 0 aliphatic rings. The van der Waals surface area contributed by atoms with Crippen LogP contribution in [-0.2, 0) is 4.74 Å². The van der Waals surface area contributed by atoms with Crippen molar-refractivity contribution in [3.8, 4) is 22.6 Å². The summed E-state index contributed by atoms with van der Waals surface area (Å²) >= 11 is 0. The van der Waals surface area contributed by atoms with E-state index >= 15 is 0 Å². The van der Waals surface area contributed by atoms with Crippen molar-refractivity contribution < 1.29 is 23.4 Å². The fraction of sp³-hybridized carbons (Fsp3) is 0.188. The lowest BCUT2D eigenvalue weighted by atomic mass is 10.0. The molecule has 5 heteroatoms. The minimum Gasteiger partial charge on any atom is -0.493 e. The summed E-state index contributed by atoms with van der Waals surface area (Å²) in [5.74, 6) is -0.129. The summed E-state index contributed by atoms with van der Waals surface area (Å²) in [4.78, 5) is 11.6. The topological polar surface area (TPSA) is 44.8 Å². The summed E-state index contributed by atoms with van der Waals surface area (Å²) in [5, 5.41) is 0. The normalized spacial score (nSPS) is 10.1. The Balaban J connectivity index is 2.62. The lowest BCUT2D eigenvalue weighted by Crippen LogP contribution is -2.02. The number of esters is 1. The monoisotopic (exact) mass is 290 g/mol. The predicted octanol–water partition coefficient (Wildman–Crippen LogP) is 3.30. The van der Waals surface area contributed by atoms with E-state index in [0.29, 0.717) is 22.6 Å². The molecule has 0 N–H and O–H groups in total. The van der Waals surface area contributed by atoms with Gasteiger partial charge in [-0.15, -0.1) is 0 Å². The molecule has 0 amide bonds. The molecule has 2 aromatic rings. The van der Waals surface area contributed by atoms with Crippen LogP contribution in [0.5, 0.6) is 11.5 Å². The minimum atomic E-state index is -0.599. The molecule has 0 saturated carbocycles. The standard InChI is InChI=1S/C16H15FO4/c1-19-14-6-4-5-13(15(14)20-2)10-7-11(16(18)21-3)9-12(17)8-10/h4-9H,1-3H3. The van der Waals surface area contributed by atoms with Gasteiger partial charge in [-0.2, -0.15) is 0 Å². The lowest BCUT2D eigenvalue weighted by Gasteiger charge is -2.13. The average molecular weight is 290 g/mol. The summed E-state index contributed by atoms with van der Waals surface area (Å²) in [5.41, 5.74) is 1.27. The third-order valence-corrected chi connectivity index (χ3v) is 3.03. The third-order valence-electron chi connectivity index (χ3n) is 3.03. The number of ether oxygens (including phenoxy) is 3. The second-order valence-electron chi connectivity index (χ2n) is 4.26. The molecule has 0 unspecified atom stereocenters. The van der Waals surface area contributed by atoms with E-state index in [2.05, 4.69) is 4.74 Å². The lowest BCUT2D eigenvalue weighted by molar-refractivity contribution is 0.0600. The molecule has 0 heterocycles. The molecule has 0 atom stereocenters. The first-order valence-electron chi connectivity index (χ1n) is 6.21. The number of benzene rings is 2. The first kappa shape index (κ1) is 14.8. The number of halogens is 1. The van der Waals surface area contributed by atoms with E-state index in [1.54, 1.807) is 24.3 Å². The van der Waals surface area contributed by atoms with Crippen molar-refractivity contribution in [2.75, 3.05) is 21.3 Å². The van der Waals surface area contributed by atoms with Gasteiger partial charge in [0.15, 0.2) is 11.5 Å². The molecule has 0 spiro atoms. The van der Waals surface area contributed by atoms with Crippen LogP contribution in [0.25, 0.3) is 11.1 Å². The molecule has 0 saturated heterocycles. The van der Waals surface area contributed by atoms with E-state index in [0.717, 1.165) is 6.07 Å². The fourth-order valence-electron chi connectivity index (χ4n) is 2.10. The largest absolute Gasteiger partial charge is 0.493 e. The van der Waals surface area contributed by atoms with Gasteiger partial charge in [-0.1, -0.05) is 12.1 Å². The SMILES string of the molecule is COC(=O)c1cc(F)cc(-c2cccc(OC)c2OC)c1. The Bertz CT molecular complexity index is 667. The average Bonchev–Trinajstić information content (AvgIpc) is 2.52. The maximum atomic E-state index is 13.7. The van der Waals surface area contributed by atoms with Gasteiger partial charge in [-0.25, -0.2) is 9.18 Å². The Hall–Kier alpha value is -2.56. The molecule has 110 valence electrons. The van der Waals surface area contributed by atoms with E-state index in [4.69, 9.17) is 9.47 Å². The zero-order chi connectivity index (χ0) is 15.4. The Morgan fingerprint density at radius 1 is 1.05 bits per heavy atom. The van der Waals surface area contributed by atoms with Gasteiger partial charge >= 0.3 is 5.97 Å². The zero-order valence-electron chi connectivity index (χ0n) is 12.0. The smallest absolute Gasteiger partial charge is 0.337 e. The van der Waals surface area contributed by atoms with Crippen LogP contribution in [0.1, 0.15) is 10.4 Å². The quantitative estimate of drug-likeness (QED) is 0.810. The maximum Gasteiger partial charge on any atom is 0.337 e.